The summed E-state index contributed by atoms with van der Waals surface area (Å²) in [6, 6.07) is -3.68. The topological polar surface area (TPSA) is 385 Å². The van der Waals surface area contributed by atoms with Crippen LogP contribution in [-0.2, 0) is 80.1 Å². The number of phosphoric ester groups is 1. The summed E-state index contributed by atoms with van der Waals surface area (Å²) in [7, 11) is -10.4. The molecular weight excluding hydrogens is 1690 g/mol. The summed E-state index contributed by atoms with van der Waals surface area (Å²) in [5.41, 5.74) is 0. The molecule has 0 aromatic heterocycles. The van der Waals surface area contributed by atoms with Crippen LogP contribution in [-0.4, -0.2) is 176 Å². The van der Waals surface area contributed by atoms with Gasteiger partial charge in [0.05, 0.1) is 51.1 Å². The minimum atomic E-state index is -5.63. The van der Waals surface area contributed by atoms with Gasteiger partial charge in [-0.05, 0) is 77.0 Å². The van der Waals surface area contributed by atoms with E-state index in [2.05, 4.69) is 64.3 Å². The van der Waals surface area contributed by atoms with Gasteiger partial charge in [0, 0.05) is 19.5 Å². The molecule has 0 radical (unpaired) electrons. The molecule has 2 amide bonds. The van der Waals surface area contributed by atoms with E-state index in [1.54, 1.807) is 0 Å². The third kappa shape index (κ3) is 66.6. The zero-order chi connectivity index (χ0) is 94.7. The number of nitrogens with one attached hydrogen (secondary N) is 2. The molecule has 0 spiro atoms. The quantitative estimate of drug-likeness (QED) is 0.00898. The van der Waals surface area contributed by atoms with E-state index < -0.39 is 176 Å². The monoisotopic (exact) mass is 1880 g/mol. The first kappa shape index (κ1) is 122. The number of amides is 2. The predicted molar refractivity (Wildman–Crippen MR) is 512 cm³/mol. The van der Waals surface area contributed by atoms with Crippen molar-refractivity contribution in [3.63, 3.8) is 0 Å². The Morgan fingerprint density at radius 3 is 0.984 bits per heavy atom. The smallest absolute Gasteiger partial charge is 0.462 e. The second-order valence-corrected chi connectivity index (χ2v) is 40.6. The number of allylic oxidation sites excluding steroid dienone is 2. The lowest BCUT2D eigenvalue weighted by Gasteiger charge is -2.47. The number of carbonyl (C=O) groups excluding carboxylic acids is 6. The molecule has 9 N–H and O–H groups in total. The SMILES string of the molecule is CCCCCC/C=C\CCCCCCCC(=O)O[C@H](CCCCCCCCCCC)CC(=O)NC1[C@H](OCC2O[C@H](OP(C)(=O)O)C(NC(=O)C[C@@H](CCCCCCCCCCC)OC(=O)CCCCCCCCCCCCCCC)[C@@H](OC(=O)C[C@H](O)CCCCCCCCCCC)[C@@H]2O)OC(CO)[C@@H](OP(=O)(O)O)[C@@H]1OC(=O)C[C@H](O)CCCCCCCCCCC. The standard InChI is InChI=1S/C101H190N2O24P2/c1-8-14-20-26-32-38-40-42-44-50-56-62-68-74-90(109)120-84(72-66-60-54-48-36-30-24-18-12-5)78-88(107)102-94-98(124-92(111)76-82(105)70-64-58-52-46-34-28-22-16-10-3)96(113)87(123-101(94)127-128(7,114)115)81-119-100-95(99(97(86(80-104)122-100)126-129(116,117)118)125-93(112)77-83(106)71-65-59-53-47-35-29-23-17-11-4)103-89(108)79-85(73-67-61-55-49-37-31-25-19-13-6)121-91(110)75-69-63-57-51-45-43-41-39-33-27-21-15-9-2/h39,41,82-87,94-101,104-106,113H,8-38,40,42-81H2,1-7H3,(H,102,107)(H,103,108)(H,114,115)(H2,116,117,118)/b41-39-/t82-,83-,84-,85-,86?,87?,94?,95?,96-,97-,98-,99-,100-,101-/m1/s1. The van der Waals surface area contributed by atoms with Gasteiger partial charge in [-0.15, -0.1) is 0 Å². The first-order chi connectivity index (χ1) is 62.3. The third-order valence-corrected chi connectivity index (χ3v) is 26.2. The van der Waals surface area contributed by atoms with Gasteiger partial charge < -0.3 is 78.9 Å². The van der Waals surface area contributed by atoms with Gasteiger partial charge in [-0.1, -0.05) is 388 Å². The molecule has 758 valence electrons. The highest BCUT2D eigenvalue weighted by molar-refractivity contribution is 7.51. The molecule has 0 aliphatic carbocycles. The Balaban J connectivity index is 2.78. The van der Waals surface area contributed by atoms with E-state index in [9.17, 15) is 68.2 Å². The van der Waals surface area contributed by atoms with Crippen molar-refractivity contribution in [1.29, 1.82) is 0 Å². The average molecular weight is 1880 g/mol. The van der Waals surface area contributed by atoms with Crippen LogP contribution in [0.15, 0.2) is 12.2 Å². The van der Waals surface area contributed by atoms with Crippen molar-refractivity contribution >= 4 is 51.1 Å². The van der Waals surface area contributed by atoms with Crippen molar-refractivity contribution in [3.8, 4) is 0 Å². The van der Waals surface area contributed by atoms with Gasteiger partial charge in [0.15, 0.2) is 24.8 Å². The summed E-state index contributed by atoms with van der Waals surface area (Å²) < 4.78 is 81.5. The van der Waals surface area contributed by atoms with E-state index >= 15 is 4.79 Å². The number of phosphoric acid groups is 1. The zero-order valence-electron chi connectivity index (χ0n) is 82.1. The molecule has 0 saturated carbocycles. The van der Waals surface area contributed by atoms with Crippen LogP contribution in [0, 0.1) is 0 Å². The molecule has 15 atom stereocenters. The lowest BCUT2D eigenvalue weighted by molar-refractivity contribution is -0.296. The van der Waals surface area contributed by atoms with Crippen molar-refractivity contribution in [1.82, 2.24) is 10.6 Å². The van der Waals surface area contributed by atoms with Crippen molar-refractivity contribution in [3.05, 3.63) is 12.2 Å². The first-order valence-electron chi connectivity index (χ1n) is 52.6. The number of unbranched alkanes of at least 4 members (excludes halogenated alkanes) is 53. The Kier molecular flexibility index (Phi) is 76.0. The van der Waals surface area contributed by atoms with Crippen LogP contribution in [0.25, 0.3) is 0 Å². The van der Waals surface area contributed by atoms with E-state index in [4.69, 9.17) is 42.2 Å². The van der Waals surface area contributed by atoms with Gasteiger partial charge in [0.1, 0.15) is 48.7 Å². The fourth-order valence-corrected chi connectivity index (χ4v) is 18.5. The number of rotatable bonds is 89. The van der Waals surface area contributed by atoms with Crippen LogP contribution < -0.4 is 10.6 Å². The Labute approximate surface area is 781 Å². The summed E-state index contributed by atoms with van der Waals surface area (Å²) in [6.45, 7) is 11.9. The molecule has 2 saturated heterocycles. The lowest BCUT2D eigenvalue weighted by atomic mass is 9.95. The molecule has 5 unspecified atom stereocenters. The van der Waals surface area contributed by atoms with E-state index in [1.807, 2.05) is 0 Å². The summed E-state index contributed by atoms with van der Waals surface area (Å²) >= 11 is 0. The molecule has 2 aliphatic rings. The molecule has 28 heteroatoms. The third-order valence-electron chi connectivity index (χ3n) is 25.1. The van der Waals surface area contributed by atoms with E-state index in [-0.39, 0.29) is 32.1 Å². The van der Waals surface area contributed by atoms with Crippen LogP contribution >= 0.6 is 15.4 Å². The maximum atomic E-state index is 15.1. The van der Waals surface area contributed by atoms with E-state index in [0.29, 0.717) is 44.9 Å². The number of carbonyl (C=O) groups is 6. The highest BCUT2D eigenvalue weighted by atomic mass is 31.2. The molecule has 2 heterocycles. The average Bonchev–Trinajstić information content (AvgIpc) is 0.777. The Morgan fingerprint density at radius 1 is 0.357 bits per heavy atom. The minimum Gasteiger partial charge on any atom is -0.462 e. The Hall–Kier alpha value is -3.46. The number of aliphatic hydroxyl groups excluding tert-OH is 4. The number of hydrogen-bond donors (Lipinski definition) is 9. The fourth-order valence-electron chi connectivity index (χ4n) is 17.4. The molecule has 2 rings (SSSR count). The number of ether oxygens (including phenoxy) is 7. The van der Waals surface area contributed by atoms with Gasteiger partial charge in [0.25, 0.3) is 0 Å². The summed E-state index contributed by atoms with van der Waals surface area (Å²) in [5, 5.41) is 52.2. The maximum absolute atomic E-state index is 15.1. The molecule has 0 aromatic carbocycles. The van der Waals surface area contributed by atoms with Gasteiger partial charge in [-0.3, -0.25) is 42.4 Å². The van der Waals surface area contributed by atoms with Crippen LogP contribution in [0.4, 0.5) is 0 Å². The molecular formula is C101H190N2O24P2. The molecule has 129 heavy (non-hydrogen) atoms. The fraction of sp³-hybridized carbons (Fsp3) is 0.921. The van der Waals surface area contributed by atoms with Crippen molar-refractivity contribution in [2.45, 2.75) is 577 Å². The van der Waals surface area contributed by atoms with Gasteiger partial charge in [-0.25, -0.2) is 4.57 Å². The van der Waals surface area contributed by atoms with Crippen LogP contribution in [0.1, 0.15) is 491 Å². The molecule has 2 aliphatic heterocycles. The number of hydrogen-bond acceptors (Lipinski definition) is 21. The molecule has 0 bridgehead atoms. The normalized spacial score (nSPS) is 20.4. The Morgan fingerprint density at radius 2 is 0.651 bits per heavy atom. The first-order valence-corrected chi connectivity index (χ1v) is 56.2. The summed E-state index contributed by atoms with van der Waals surface area (Å²) in [5.74, 6) is -4.78. The molecule has 26 nitrogen and oxygen atoms in total. The molecule has 2 fully saturated rings. The summed E-state index contributed by atoms with van der Waals surface area (Å²) in [6.07, 6.45) is 45.2. The van der Waals surface area contributed by atoms with Crippen molar-refractivity contribution < 1.29 is 115 Å². The lowest BCUT2D eigenvalue weighted by Crippen LogP contribution is -2.68. The maximum Gasteiger partial charge on any atom is 0.470 e. The van der Waals surface area contributed by atoms with E-state index in [0.717, 1.165) is 244 Å². The van der Waals surface area contributed by atoms with Crippen LogP contribution in [0.3, 0.4) is 0 Å². The second-order valence-electron chi connectivity index (χ2n) is 37.6. The van der Waals surface area contributed by atoms with Crippen LogP contribution in [0.2, 0.25) is 0 Å². The predicted octanol–water partition coefficient (Wildman–Crippen LogP) is 23.4. The van der Waals surface area contributed by atoms with E-state index in [1.165, 1.54) is 109 Å². The number of aliphatic hydroxyl groups is 4. The largest absolute Gasteiger partial charge is 0.470 e. The van der Waals surface area contributed by atoms with Crippen molar-refractivity contribution in [2.24, 2.45) is 0 Å². The minimum absolute atomic E-state index is 0.0904. The Bertz CT molecular complexity index is 2870. The summed E-state index contributed by atoms with van der Waals surface area (Å²) in [4.78, 5) is 119. The van der Waals surface area contributed by atoms with Gasteiger partial charge in [0.2, 0.25) is 11.8 Å². The van der Waals surface area contributed by atoms with Crippen LogP contribution in [0.5, 0.6) is 0 Å². The zero-order valence-corrected chi connectivity index (χ0v) is 83.9. The van der Waals surface area contributed by atoms with Crippen molar-refractivity contribution in [2.75, 3.05) is 19.9 Å². The van der Waals surface area contributed by atoms with Gasteiger partial charge >= 0.3 is 39.3 Å². The highest BCUT2D eigenvalue weighted by Crippen LogP contribution is 2.44. The highest BCUT2D eigenvalue weighted by Gasteiger charge is 2.55. The molecule has 0 aromatic rings. The second kappa shape index (κ2) is 80.6. The number of esters is 4. The van der Waals surface area contributed by atoms with Gasteiger partial charge in [-0.2, -0.15) is 0 Å².